The second kappa shape index (κ2) is 30.8. The first-order valence-electron chi connectivity index (χ1n) is 35.0. The standard InChI is InChI=1S/C34H46N6O5.C25H36IN5O3.C15H22BNO4/c1-18-21(9-8-10-26(18)22-11-23(33(43)44)13-25(12-22)39(6)7)17-40-31(30(20(3)41)29(45-40)16-36-38-35)32(42)37-28-15-24-14-27(19(28)2)34(24,4)5;1-13-16(7-6-8-19(13)26)12-31-23(22(15(3)32)21(34-31)11-28-30-27)24(33)29-20-10-17-9-18(14(20)2)25(17,4)5;1-14(2)15(3,4)21-16(20-14)11-7-10(13(18)19)8-12(9-11)17(5)6/h8-13,19-20,24,27-31,41H,14-17H2,1-7H3,(H,37,42)(H,43,44);6-8,14-15,17-18,20-23,32H,9-12H2,1-5H3,(H,29,33);7-9H,1-6H3,(H,18,19)/t19-,20-,24+,27-,28-,29-,30+,31-;14-,15-,17+,18-,20-,21-,22+,23-;/m00./s1. The molecule has 6 aliphatic carbocycles. The summed E-state index contributed by atoms with van der Waals surface area (Å²) in [4.78, 5) is 73.2. The molecule has 9 fully saturated rings. The summed E-state index contributed by atoms with van der Waals surface area (Å²) in [6.07, 6.45) is 1.43. The van der Waals surface area contributed by atoms with E-state index in [9.17, 15) is 39.6 Å². The number of nitrogens with zero attached hydrogens (tertiary/aromatic N) is 10. The summed E-state index contributed by atoms with van der Waals surface area (Å²) in [5.41, 5.74) is 26.0. The van der Waals surface area contributed by atoms with Gasteiger partial charge in [0.05, 0.1) is 72.9 Å². The highest BCUT2D eigenvalue weighted by Gasteiger charge is 2.60. The van der Waals surface area contributed by atoms with Crippen LogP contribution >= 0.6 is 22.6 Å². The summed E-state index contributed by atoms with van der Waals surface area (Å²) in [7, 11) is 6.91. The van der Waals surface area contributed by atoms with Gasteiger partial charge in [-0.1, -0.05) is 82.1 Å². The number of rotatable bonds is 20. The molecule has 100 heavy (non-hydrogen) atoms. The minimum absolute atomic E-state index is 0.0150. The van der Waals surface area contributed by atoms with Crippen molar-refractivity contribution in [1.82, 2.24) is 20.8 Å². The zero-order chi connectivity index (χ0) is 73.6. The fourth-order valence-electron chi connectivity index (χ4n) is 16.8. The molecule has 26 heteroatoms. The van der Waals surface area contributed by atoms with Crippen LogP contribution < -0.4 is 25.9 Å². The summed E-state index contributed by atoms with van der Waals surface area (Å²) >= 11 is 2.31. The second-order valence-electron chi connectivity index (χ2n) is 31.6. The lowest BCUT2D eigenvalue weighted by Crippen LogP contribution is -2.62. The molecule has 24 nitrogen and oxygen atoms in total. The highest BCUT2D eigenvalue weighted by Crippen LogP contribution is 2.62. The Balaban J connectivity index is 0.000000187. The third-order valence-corrected chi connectivity index (χ3v) is 25.3. The van der Waals surface area contributed by atoms with Crippen LogP contribution in [0.5, 0.6) is 0 Å². The Morgan fingerprint density at radius 2 is 1.06 bits per heavy atom. The van der Waals surface area contributed by atoms with Crippen LogP contribution in [0.2, 0.25) is 0 Å². The van der Waals surface area contributed by atoms with Crippen LogP contribution in [0, 0.1) is 75.6 Å². The van der Waals surface area contributed by atoms with Gasteiger partial charge >= 0.3 is 19.1 Å². The van der Waals surface area contributed by atoms with Crippen molar-refractivity contribution >= 4 is 70.3 Å². The first-order chi connectivity index (χ1) is 46.8. The molecule has 6 saturated carbocycles. The van der Waals surface area contributed by atoms with Gasteiger partial charge in [0, 0.05) is 76.9 Å². The molecule has 0 unspecified atom stereocenters. The molecule has 0 spiro atoms. The average Bonchev–Trinajstić information content (AvgIpc) is 0.957. The van der Waals surface area contributed by atoms with Gasteiger partial charge in [0.2, 0.25) is 11.8 Å². The minimum Gasteiger partial charge on any atom is -0.478 e. The van der Waals surface area contributed by atoms with Crippen LogP contribution in [0.3, 0.4) is 0 Å². The maximum atomic E-state index is 14.1. The molecule has 0 radical (unpaired) electrons. The third kappa shape index (κ3) is 16.0. The first-order valence-corrected chi connectivity index (χ1v) is 36.1. The smallest absolute Gasteiger partial charge is 0.478 e. The van der Waals surface area contributed by atoms with Gasteiger partial charge in [0.1, 0.15) is 12.1 Å². The number of aliphatic hydroxyl groups excluding tert-OH is 2. The molecule has 3 saturated heterocycles. The fraction of sp³-hybridized carbons (Fsp3) is 0.622. The number of hydrogen-bond donors (Lipinski definition) is 6. The van der Waals surface area contributed by atoms with Gasteiger partial charge in [0.15, 0.2) is 0 Å². The number of anilines is 2. The number of carboxylic acids is 2. The van der Waals surface area contributed by atoms with E-state index in [1.54, 1.807) is 48.2 Å². The number of amides is 2. The van der Waals surface area contributed by atoms with Gasteiger partial charge in [-0.3, -0.25) is 19.3 Å². The van der Waals surface area contributed by atoms with Gasteiger partial charge in [-0.15, -0.1) is 0 Å². The van der Waals surface area contributed by atoms with Crippen molar-refractivity contribution < 1.29 is 58.6 Å². The number of carboxylic acid groups (broad SMARTS) is 2. The second-order valence-corrected chi connectivity index (χ2v) is 32.8. The average molecular weight is 1490 g/mol. The monoisotopic (exact) mass is 1490 g/mol. The molecule has 13 rings (SSSR count). The highest BCUT2D eigenvalue weighted by atomic mass is 127. The van der Waals surface area contributed by atoms with E-state index in [1.807, 2.05) is 115 Å². The quantitative estimate of drug-likeness (QED) is 0.0157. The van der Waals surface area contributed by atoms with Gasteiger partial charge in [-0.25, -0.2) is 9.59 Å². The Kier molecular flexibility index (Phi) is 23.9. The highest BCUT2D eigenvalue weighted by molar-refractivity contribution is 14.1. The Morgan fingerprint density at radius 1 is 0.640 bits per heavy atom. The molecule has 4 aromatic rings. The lowest BCUT2D eigenvalue weighted by atomic mass is 9.45. The van der Waals surface area contributed by atoms with E-state index in [2.05, 4.69) is 108 Å². The SMILES string of the molecule is CN(C)c1cc(B2OC(C)(C)C(C)(C)O2)cc(C(=O)O)c1.Cc1c(CN2O[C@@H](CN=[N+]=[N-])[C@@H]([C@H](C)O)[C@H]2C(=O)N[C@H]2C[C@H]3C[C@@H]([C@@H]2C)C3(C)C)cccc1-c1cc(C(=O)O)cc(N(C)C)c1.Cc1c(I)cccc1CN1O[C@@H](CN=[N+]=[N-])[C@@H]([C@H](C)O)[C@H]1C(=O)N[C@H]1C[C@H]2C[C@@H]([C@@H]1C)C2(C)C. The van der Waals surface area contributed by atoms with Crippen LogP contribution in [0.1, 0.15) is 152 Å². The summed E-state index contributed by atoms with van der Waals surface area (Å²) < 4.78 is 13.1. The van der Waals surface area contributed by atoms with Crippen LogP contribution in [0.4, 0.5) is 11.4 Å². The van der Waals surface area contributed by atoms with Gasteiger partial charge in [-0.05, 0) is 242 Å². The Hall–Kier alpha value is -6.55. The van der Waals surface area contributed by atoms with E-state index in [1.165, 1.54) is 12.8 Å². The predicted molar refractivity (Wildman–Crippen MR) is 394 cm³/mol. The van der Waals surface area contributed by atoms with E-state index in [4.69, 9.17) is 30.0 Å². The Labute approximate surface area is 603 Å². The van der Waals surface area contributed by atoms with Gasteiger partial charge in [0.25, 0.3) is 0 Å². The van der Waals surface area contributed by atoms with Gasteiger partial charge < -0.3 is 50.2 Å². The predicted octanol–water partition coefficient (Wildman–Crippen LogP) is 11.7. The van der Waals surface area contributed by atoms with E-state index in [-0.39, 0.29) is 60.1 Å². The van der Waals surface area contributed by atoms with Crippen LogP contribution in [-0.4, -0.2) is 162 Å². The number of halogens is 1. The maximum Gasteiger partial charge on any atom is 0.494 e. The van der Waals surface area contributed by atoms with Crippen molar-refractivity contribution in [1.29, 1.82) is 0 Å². The van der Waals surface area contributed by atoms with Crippen molar-refractivity contribution in [3.63, 3.8) is 0 Å². The molecule has 3 heterocycles. The number of carbonyl (C=O) groups is 4. The van der Waals surface area contributed by atoms with Crippen LogP contribution in [0.25, 0.3) is 32.0 Å². The van der Waals surface area contributed by atoms with Crippen LogP contribution in [-0.2, 0) is 41.7 Å². The Bertz CT molecular complexity index is 3770. The molecular formula is C74H104BIN12O12. The summed E-state index contributed by atoms with van der Waals surface area (Å²) in [6, 6.07) is 21.0. The van der Waals surface area contributed by atoms with Crippen molar-refractivity contribution in [2.24, 2.45) is 68.4 Å². The molecule has 542 valence electrons. The van der Waals surface area contributed by atoms with Crippen LogP contribution in [0.15, 0.2) is 83.0 Å². The molecule has 4 bridgehead atoms. The normalized spacial score (nSPS) is 29.3. The summed E-state index contributed by atoms with van der Waals surface area (Å²) in [5.74, 6) is -0.273. The van der Waals surface area contributed by atoms with Crippen molar-refractivity contribution in [3.8, 4) is 11.1 Å². The zero-order valence-electron chi connectivity index (χ0n) is 61.3. The minimum atomic E-state index is -1.00. The van der Waals surface area contributed by atoms with Crippen molar-refractivity contribution in [2.75, 3.05) is 51.1 Å². The molecule has 2 amide bonds. The third-order valence-electron chi connectivity index (χ3n) is 24.1. The number of hydrogen-bond acceptors (Lipinski definition) is 16. The number of hydroxylamine groups is 4. The molecular weight excluding hydrogens is 1390 g/mol. The molecule has 6 N–H and O–H groups in total. The van der Waals surface area contributed by atoms with E-state index < -0.39 is 78.6 Å². The number of azide groups is 2. The molecule has 9 aliphatic rings. The number of aromatic carboxylic acids is 2. The first kappa shape index (κ1) is 77.6. The Morgan fingerprint density at radius 3 is 1.46 bits per heavy atom. The lowest BCUT2D eigenvalue weighted by molar-refractivity contribution is -0.176. The summed E-state index contributed by atoms with van der Waals surface area (Å²) in [6.45, 7) is 29.8. The summed E-state index contributed by atoms with van der Waals surface area (Å²) in [5, 5.41) is 58.0. The number of aliphatic hydroxyl groups is 2. The molecule has 0 aromatic heterocycles. The zero-order valence-corrected chi connectivity index (χ0v) is 63.5. The topological polar surface area (TPSA) is 321 Å². The number of fused-ring (bicyclic) bond motifs is 4. The maximum absolute atomic E-state index is 14.1. The lowest BCUT2D eigenvalue weighted by Gasteiger charge is -2.62. The fourth-order valence-corrected chi connectivity index (χ4v) is 17.4. The molecule has 3 aliphatic heterocycles. The number of nitrogens with one attached hydrogen (secondary N) is 2. The number of benzene rings is 4. The van der Waals surface area contributed by atoms with E-state index in [0.29, 0.717) is 47.5 Å². The molecule has 16 atom stereocenters. The van der Waals surface area contributed by atoms with Crippen molar-refractivity contribution in [2.45, 2.75) is 195 Å². The van der Waals surface area contributed by atoms with E-state index in [0.717, 1.165) is 66.6 Å². The molecule has 4 aromatic carbocycles. The largest absolute Gasteiger partial charge is 0.494 e. The van der Waals surface area contributed by atoms with E-state index >= 15 is 0 Å². The van der Waals surface area contributed by atoms with Crippen molar-refractivity contribution in [3.05, 3.63) is 131 Å². The van der Waals surface area contributed by atoms with Gasteiger partial charge in [-0.2, -0.15) is 10.1 Å². The number of carbonyl (C=O) groups excluding carboxylic acids is 2.